The van der Waals surface area contributed by atoms with Crippen LogP contribution in [0.25, 0.3) is 5.69 Å². The van der Waals surface area contributed by atoms with E-state index in [1.807, 2.05) is 6.07 Å². The van der Waals surface area contributed by atoms with Crippen LogP contribution in [0.3, 0.4) is 0 Å². The number of hydrogen-bond acceptors (Lipinski definition) is 4. The Balaban J connectivity index is 1.86. The Morgan fingerprint density at radius 2 is 2.04 bits per heavy atom. The molecule has 0 aliphatic rings. The van der Waals surface area contributed by atoms with Crippen molar-refractivity contribution in [1.29, 1.82) is 0 Å². The van der Waals surface area contributed by atoms with E-state index in [9.17, 15) is 9.90 Å². The van der Waals surface area contributed by atoms with E-state index in [4.69, 9.17) is 0 Å². The second-order valence-electron chi connectivity index (χ2n) is 5.07. The van der Waals surface area contributed by atoms with Gasteiger partial charge in [-0.15, -0.1) is 0 Å². The van der Waals surface area contributed by atoms with Gasteiger partial charge in [-0.05, 0) is 31.2 Å². The fourth-order valence-corrected chi connectivity index (χ4v) is 2.27. The van der Waals surface area contributed by atoms with Crippen LogP contribution in [0.5, 0.6) is 0 Å². The number of carbonyl (C=O) groups is 1. The van der Waals surface area contributed by atoms with Gasteiger partial charge in [0.25, 0.3) is 5.91 Å². The zero-order chi connectivity index (χ0) is 16.2. The third-order valence-electron chi connectivity index (χ3n) is 3.40. The number of hydrogen-bond donors (Lipinski definition) is 2. The summed E-state index contributed by atoms with van der Waals surface area (Å²) in [6, 6.07) is 12.4. The molecule has 0 aliphatic heterocycles. The molecule has 0 unspecified atom stereocenters. The quantitative estimate of drug-likeness (QED) is 0.776. The Hall–Kier alpha value is -2.99. The molecule has 23 heavy (non-hydrogen) atoms. The lowest BCUT2D eigenvalue weighted by Gasteiger charge is -2.13. The monoisotopic (exact) mass is 308 g/mol. The van der Waals surface area contributed by atoms with Crippen LogP contribution in [-0.2, 0) is 0 Å². The molecule has 2 aromatic heterocycles. The van der Waals surface area contributed by atoms with Crippen molar-refractivity contribution in [3.8, 4) is 5.69 Å². The van der Waals surface area contributed by atoms with Crippen LogP contribution in [0.2, 0.25) is 0 Å². The van der Waals surface area contributed by atoms with Crippen molar-refractivity contribution in [2.45, 2.75) is 13.0 Å². The average molecular weight is 308 g/mol. The lowest BCUT2D eigenvalue weighted by molar-refractivity contribution is 0.102. The number of aliphatic hydroxyl groups excluding tert-OH is 1. The molecular formula is C17H16N4O2. The van der Waals surface area contributed by atoms with Crippen LogP contribution in [0.1, 0.15) is 29.1 Å². The predicted molar refractivity (Wildman–Crippen MR) is 86.4 cm³/mol. The molecule has 0 spiro atoms. The van der Waals surface area contributed by atoms with Crippen molar-refractivity contribution in [3.05, 3.63) is 72.3 Å². The molecule has 0 saturated heterocycles. The average Bonchev–Trinajstić information content (AvgIpc) is 3.10. The van der Waals surface area contributed by atoms with Crippen molar-refractivity contribution in [3.63, 3.8) is 0 Å². The highest BCUT2D eigenvalue weighted by Crippen LogP contribution is 2.22. The van der Waals surface area contributed by atoms with Gasteiger partial charge in [0, 0.05) is 29.8 Å². The van der Waals surface area contributed by atoms with E-state index in [1.54, 1.807) is 66.6 Å². The molecule has 3 rings (SSSR count). The molecule has 116 valence electrons. The Morgan fingerprint density at radius 3 is 2.78 bits per heavy atom. The summed E-state index contributed by atoms with van der Waals surface area (Å²) < 4.78 is 1.65. The van der Waals surface area contributed by atoms with E-state index in [2.05, 4.69) is 15.4 Å². The third-order valence-corrected chi connectivity index (χ3v) is 3.40. The molecule has 0 radical (unpaired) electrons. The minimum atomic E-state index is -0.671. The highest BCUT2D eigenvalue weighted by Gasteiger charge is 2.13. The molecule has 0 fully saturated rings. The molecule has 0 bridgehead atoms. The topological polar surface area (TPSA) is 80.0 Å². The van der Waals surface area contributed by atoms with E-state index in [0.717, 1.165) is 5.69 Å². The maximum Gasteiger partial charge on any atom is 0.274 e. The number of aromatic nitrogens is 3. The van der Waals surface area contributed by atoms with E-state index < -0.39 is 6.10 Å². The molecule has 3 aromatic rings. The third kappa shape index (κ3) is 3.27. The normalized spacial score (nSPS) is 11.9. The number of aliphatic hydroxyl groups is 1. The van der Waals surface area contributed by atoms with Crippen LogP contribution < -0.4 is 5.32 Å². The molecule has 2 heterocycles. The smallest absolute Gasteiger partial charge is 0.274 e. The summed E-state index contributed by atoms with van der Waals surface area (Å²) in [7, 11) is 0. The minimum absolute atomic E-state index is 0.276. The van der Waals surface area contributed by atoms with Crippen molar-refractivity contribution in [2.24, 2.45) is 0 Å². The summed E-state index contributed by atoms with van der Waals surface area (Å²) in [6.45, 7) is 1.65. The predicted octanol–water partition coefficient (Wildman–Crippen LogP) is 2.57. The molecule has 1 atom stereocenters. The van der Waals surface area contributed by atoms with Gasteiger partial charge in [0.1, 0.15) is 5.69 Å². The Kier molecular flexibility index (Phi) is 4.16. The second kappa shape index (κ2) is 6.41. The molecule has 1 amide bonds. The van der Waals surface area contributed by atoms with E-state index in [0.29, 0.717) is 11.3 Å². The number of nitrogens with one attached hydrogen (secondary N) is 1. The minimum Gasteiger partial charge on any atom is -0.389 e. The van der Waals surface area contributed by atoms with Crippen LogP contribution in [0.4, 0.5) is 5.69 Å². The standard InChI is InChI=1S/C17H16N4O2/c1-12(22)14-5-2-3-6-15(14)20-17(23)16-11-13(7-9-18-16)21-10-4-8-19-21/h2-12,22H,1H3,(H,20,23)/t12-/m0/s1. The molecule has 6 nitrogen and oxygen atoms in total. The lowest BCUT2D eigenvalue weighted by Crippen LogP contribution is -2.16. The van der Waals surface area contributed by atoms with Crippen LogP contribution >= 0.6 is 0 Å². The second-order valence-corrected chi connectivity index (χ2v) is 5.07. The van der Waals surface area contributed by atoms with Gasteiger partial charge in [0.05, 0.1) is 11.8 Å². The first-order valence-electron chi connectivity index (χ1n) is 7.19. The maximum atomic E-state index is 12.4. The fourth-order valence-electron chi connectivity index (χ4n) is 2.27. The maximum absolute atomic E-state index is 12.4. The number of para-hydroxylation sites is 1. The number of benzene rings is 1. The first-order chi connectivity index (χ1) is 11.1. The summed E-state index contributed by atoms with van der Waals surface area (Å²) in [4.78, 5) is 16.5. The van der Waals surface area contributed by atoms with Crippen molar-refractivity contribution in [2.75, 3.05) is 5.32 Å². The summed E-state index contributed by atoms with van der Waals surface area (Å²) in [5.74, 6) is -0.341. The number of pyridine rings is 1. The Morgan fingerprint density at radius 1 is 1.22 bits per heavy atom. The number of nitrogens with zero attached hydrogens (tertiary/aromatic N) is 3. The summed E-state index contributed by atoms with van der Waals surface area (Å²) >= 11 is 0. The summed E-state index contributed by atoms with van der Waals surface area (Å²) in [5.41, 5.74) is 2.25. The first kappa shape index (κ1) is 14.9. The summed E-state index contributed by atoms with van der Waals surface area (Å²) in [6.07, 6.45) is 4.35. The fraction of sp³-hybridized carbons (Fsp3) is 0.118. The molecule has 2 N–H and O–H groups in total. The number of amides is 1. The summed E-state index contributed by atoms with van der Waals surface area (Å²) in [5, 5.41) is 16.7. The zero-order valence-electron chi connectivity index (χ0n) is 12.5. The number of carbonyl (C=O) groups excluding carboxylic acids is 1. The van der Waals surface area contributed by atoms with Gasteiger partial charge in [-0.2, -0.15) is 5.10 Å². The molecule has 6 heteroatoms. The highest BCUT2D eigenvalue weighted by atomic mass is 16.3. The van der Waals surface area contributed by atoms with Crippen LogP contribution in [0.15, 0.2) is 61.1 Å². The van der Waals surface area contributed by atoms with Crippen molar-refractivity contribution >= 4 is 11.6 Å². The lowest BCUT2D eigenvalue weighted by atomic mass is 10.1. The van der Waals surface area contributed by atoms with Gasteiger partial charge >= 0.3 is 0 Å². The molecule has 0 saturated carbocycles. The van der Waals surface area contributed by atoms with Crippen molar-refractivity contribution < 1.29 is 9.90 Å². The molecule has 1 aromatic carbocycles. The number of rotatable bonds is 4. The van der Waals surface area contributed by atoms with Crippen LogP contribution in [0, 0.1) is 0 Å². The van der Waals surface area contributed by atoms with E-state index in [-0.39, 0.29) is 11.6 Å². The van der Waals surface area contributed by atoms with Gasteiger partial charge < -0.3 is 10.4 Å². The molecular weight excluding hydrogens is 292 g/mol. The largest absolute Gasteiger partial charge is 0.389 e. The van der Waals surface area contributed by atoms with Gasteiger partial charge in [0.15, 0.2) is 0 Å². The van der Waals surface area contributed by atoms with Gasteiger partial charge in [0.2, 0.25) is 0 Å². The Bertz CT molecular complexity index is 813. The first-order valence-corrected chi connectivity index (χ1v) is 7.19. The van der Waals surface area contributed by atoms with Gasteiger partial charge in [-0.25, -0.2) is 4.68 Å². The molecule has 0 aliphatic carbocycles. The number of anilines is 1. The van der Waals surface area contributed by atoms with Crippen LogP contribution in [-0.4, -0.2) is 25.8 Å². The highest BCUT2D eigenvalue weighted by molar-refractivity contribution is 6.03. The van der Waals surface area contributed by atoms with Crippen molar-refractivity contribution in [1.82, 2.24) is 14.8 Å². The zero-order valence-corrected chi connectivity index (χ0v) is 12.5. The van der Waals surface area contributed by atoms with Gasteiger partial charge in [-0.1, -0.05) is 18.2 Å². The SMILES string of the molecule is C[C@H](O)c1ccccc1NC(=O)c1cc(-n2cccn2)ccn1. The Labute approximate surface area is 133 Å². The van der Waals surface area contributed by atoms with Gasteiger partial charge in [-0.3, -0.25) is 9.78 Å². The van der Waals surface area contributed by atoms with E-state index in [1.165, 1.54) is 0 Å². The van der Waals surface area contributed by atoms with E-state index >= 15 is 0 Å².